The highest BCUT2D eigenvalue weighted by Crippen LogP contribution is 2.29. The number of carbonyl (C=O) groups is 2. The Labute approximate surface area is 126 Å². The fourth-order valence-electron chi connectivity index (χ4n) is 1.88. The van der Waals surface area contributed by atoms with Crippen LogP contribution in [0.25, 0.3) is 0 Å². The summed E-state index contributed by atoms with van der Waals surface area (Å²) in [5.74, 6) is -0.876. The minimum Gasteiger partial charge on any atom is -0.469 e. The minimum atomic E-state index is -4.44. The van der Waals surface area contributed by atoms with Gasteiger partial charge in [-0.25, -0.2) is 0 Å². The molecular formula is C15H18F3NO3. The van der Waals surface area contributed by atoms with E-state index in [9.17, 15) is 22.8 Å². The summed E-state index contributed by atoms with van der Waals surface area (Å²) in [6.07, 6.45) is -4.41. The highest BCUT2D eigenvalue weighted by molar-refractivity contribution is 5.94. The molecule has 0 aliphatic rings. The molecule has 0 aliphatic heterocycles. The van der Waals surface area contributed by atoms with E-state index in [1.165, 1.54) is 12.0 Å². The van der Waals surface area contributed by atoms with Gasteiger partial charge in [-0.2, -0.15) is 13.2 Å². The van der Waals surface area contributed by atoms with E-state index in [1.807, 2.05) is 0 Å². The third kappa shape index (κ3) is 4.75. The molecule has 0 bridgehead atoms. The molecule has 0 saturated heterocycles. The molecule has 0 spiro atoms. The second-order valence-corrected chi connectivity index (χ2v) is 4.99. The molecule has 1 aromatic carbocycles. The van der Waals surface area contributed by atoms with Crippen LogP contribution in [0.2, 0.25) is 0 Å². The van der Waals surface area contributed by atoms with Crippen molar-refractivity contribution in [2.75, 3.05) is 13.7 Å². The molecule has 122 valence electrons. The van der Waals surface area contributed by atoms with Crippen molar-refractivity contribution < 1.29 is 27.5 Å². The fourth-order valence-corrected chi connectivity index (χ4v) is 1.88. The number of hydrogen-bond acceptors (Lipinski definition) is 3. The number of carbonyl (C=O) groups excluding carboxylic acids is 2. The molecule has 0 saturated carbocycles. The first kappa shape index (κ1) is 18.0. The zero-order valence-electron chi connectivity index (χ0n) is 12.6. The van der Waals surface area contributed by atoms with Crippen LogP contribution in [0.5, 0.6) is 0 Å². The molecule has 0 heterocycles. The van der Waals surface area contributed by atoms with Gasteiger partial charge >= 0.3 is 12.1 Å². The Morgan fingerprint density at radius 3 is 2.14 bits per heavy atom. The molecule has 1 aromatic rings. The number of alkyl halides is 3. The van der Waals surface area contributed by atoms with E-state index < -0.39 is 23.6 Å². The first-order valence-electron chi connectivity index (χ1n) is 6.72. The van der Waals surface area contributed by atoms with Crippen molar-refractivity contribution in [1.29, 1.82) is 0 Å². The van der Waals surface area contributed by atoms with E-state index in [2.05, 4.69) is 4.74 Å². The monoisotopic (exact) mass is 317 g/mol. The summed E-state index contributed by atoms with van der Waals surface area (Å²) in [6.45, 7) is 3.67. The molecule has 0 atom stereocenters. The first-order valence-corrected chi connectivity index (χ1v) is 6.72. The lowest BCUT2D eigenvalue weighted by Crippen LogP contribution is -2.38. The minimum absolute atomic E-state index is 0.0288. The highest BCUT2D eigenvalue weighted by Gasteiger charge is 2.30. The van der Waals surface area contributed by atoms with Crippen LogP contribution < -0.4 is 0 Å². The van der Waals surface area contributed by atoms with Crippen molar-refractivity contribution in [3.05, 3.63) is 35.4 Å². The molecule has 22 heavy (non-hydrogen) atoms. The summed E-state index contributed by atoms with van der Waals surface area (Å²) in [5, 5.41) is 0. The SMILES string of the molecule is COC(=O)CCN(C(=O)c1ccc(C(F)(F)F)cc1)C(C)C. The third-order valence-corrected chi connectivity index (χ3v) is 3.13. The van der Waals surface area contributed by atoms with Gasteiger partial charge in [-0.15, -0.1) is 0 Å². The average Bonchev–Trinajstić information content (AvgIpc) is 2.45. The summed E-state index contributed by atoms with van der Waals surface area (Å²) in [5.41, 5.74) is -0.665. The molecule has 1 rings (SSSR count). The van der Waals surface area contributed by atoms with Crippen molar-refractivity contribution >= 4 is 11.9 Å². The van der Waals surface area contributed by atoms with E-state index >= 15 is 0 Å². The van der Waals surface area contributed by atoms with Crippen LogP contribution in [0.3, 0.4) is 0 Å². The Morgan fingerprint density at radius 2 is 1.73 bits per heavy atom. The van der Waals surface area contributed by atoms with Gasteiger partial charge in [0, 0.05) is 18.2 Å². The number of ether oxygens (including phenoxy) is 1. The van der Waals surface area contributed by atoms with Crippen LogP contribution in [0, 0.1) is 0 Å². The van der Waals surface area contributed by atoms with Gasteiger partial charge in [-0.1, -0.05) is 0 Å². The van der Waals surface area contributed by atoms with E-state index in [0.717, 1.165) is 24.3 Å². The molecule has 1 amide bonds. The van der Waals surface area contributed by atoms with E-state index in [4.69, 9.17) is 0 Å². The van der Waals surface area contributed by atoms with Crippen molar-refractivity contribution in [3.8, 4) is 0 Å². The van der Waals surface area contributed by atoms with Gasteiger partial charge < -0.3 is 9.64 Å². The normalized spacial score (nSPS) is 11.4. The van der Waals surface area contributed by atoms with Crippen LogP contribution >= 0.6 is 0 Å². The molecule has 0 N–H and O–H groups in total. The summed E-state index contributed by atoms with van der Waals surface area (Å²) in [6, 6.07) is 3.81. The number of methoxy groups -OCH3 is 1. The molecule has 7 heteroatoms. The maximum Gasteiger partial charge on any atom is 0.416 e. The van der Waals surface area contributed by atoms with Gasteiger partial charge in [0.05, 0.1) is 19.1 Å². The number of hydrogen-bond donors (Lipinski definition) is 0. The summed E-state index contributed by atoms with van der Waals surface area (Å²) in [4.78, 5) is 24.9. The van der Waals surface area contributed by atoms with Crippen LogP contribution in [-0.4, -0.2) is 36.5 Å². The Balaban J connectivity index is 2.88. The first-order chi connectivity index (χ1) is 10.2. The van der Waals surface area contributed by atoms with Gasteiger partial charge in [0.2, 0.25) is 0 Å². The maximum absolute atomic E-state index is 12.5. The molecule has 0 unspecified atom stereocenters. The second kappa shape index (κ2) is 7.29. The molecule has 0 radical (unpaired) electrons. The van der Waals surface area contributed by atoms with E-state index in [1.54, 1.807) is 13.8 Å². The zero-order valence-corrected chi connectivity index (χ0v) is 12.6. The lowest BCUT2D eigenvalue weighted by Gasteiger charge is -2.26. The molecule has 0 aliphatic carbocycles. The molecule has 0 aromatic heterocycles. The van der Waals surface area contributed by atoms with Gasteiger partial charge in [-0.3, -0.25) is 9.59 Å². The summed E-state index contributed by atoms with van der Waals surface area (Å²) >= 11 is 0. The van der Waals surface area contributed by atoms with E-state index in [-0.39, 0.29) is 24.6 Å². The van der Waals surface area contributed by atoms with Gasteiger partial charge in [0.1, 0.15) is 0 Å². The number of benzene rings is 1. The highest BCUT2D eigenvalue weighted by atomic mass is 19.4. The smallest absolute Gasteiger partial charge is 0.416 e. The van der Waals surface area contributed by atoms with Crippen molar-refractivity contribution in [1.82, 2.24) is 4.90 Å². The predicted octanol–water partition coefficient (Wildman–Crippen LogP) is 3.12. The van der Waals surface area contributed by atoms with Crippen LogP contribution in [0.1, 0.15) is 36.2 Å². The Hall–Kier alpha value is -2.05. The molecule has 4 nitrogen and oxygen atoms in total. The van der Waals surface area contributed by atoms with Crippen LogP contribution in [-0.2, 0) is 15.7 Å². The number of amides is 1. The van der Waals surface area contributed by atoms with Gasteiger partial charge in [0.25, 0.3) is 5.91 Å². The Bertz CT molecular complexity index is 524. The quantitative estimate of drug-likeness (QED) is 0.784. The maximum atomic E-state index is 12.5. The Morgan fingerprint density at radius 1 is 1.18 bits per heavy atom. The lowest BCUT2D eigenvalue weighted by atomic mass is 10.1. The number of esters is 1. The topological polar surface area (TPSA) is 46.6 Å². The molecule has 0 fully saturated rings. The van der Waals surface area contributed by atoms with Crippen molar-refractivity contribution in [2.45, 2.75) is 32.5 Å². The Kier molecular flexibility index (Phi) is 5.96. The predicted molar refractivity (Wildman–Crippen MR) is 74.2 cm³/mol. The lowest BCUT2D eigenvalue weighted by molar-refractivity contribution is -0.141. The fraction of sp³-hybridized carbons (Fsp3) is 0.467. The average molecular weight is 317 g/mol. The summed E-state index contributed by atoms with van der Waals surface area (Å²) in [7, 11) is 1.25. The second-order valence-electron chi connectivity index (χ2n) is 4.99. The van der Waals surface area contributed by atoms with Crippen LogP contribution in [0.15, 0.2) is 24.3 Å². The largest absolute Gasteiger partial charge is 0.469 e. The number of nitrogens with zero attached hydrogens (tertiary/aromatic N) is 1. The third-order valence-electron chi connectivity index (χ3n) is 3.13. The van der Waals surface area contributed by atoms with Gasteiger partial charge in [-0.05, 0) is 38.1 Å². The number of halogens is 3. The van der Waals surface area contributed by atoms with Crippen molar-refractivity contribution in [2.24, 2.45) is 0 Å². The van der Waals surface area contributed by atoms with Crippen molar-refractivity contribution in [3.63, 3.8) is 0 Å². The number of rotatable bonds is 5. The summed E-state index contributed by atoms with van der Waals surface area (Å²) < 4.78 is 42.0. The standard InChI is InChI=1S/C15H18F3NO3/c1-10(2)19(9-8-13(20)22-3)14(21)11-4-6-12(7-5-11)15(16,17)18/h4-7,10H,8-9H2,1-3H3. The van der Waals surface area contributed by atoms with E-state index in [0.29, 0.717) is 0 Å². The van der Waals surface area contributed by atoms with Gasteiger partial charge in [0.15, 0.2) is 0 Å². The van der Waals surface area contributed by atoms with Crippen LogP contribution in [0.4, 0.5) is 13.2 Å². The zero-order chi connectivity index (χ0) is 16.9. The molecular weight excluding hydrogens is 299 g/mol.